The van der Waals surface area contributed by atoms with Crippen molar-refractivity contribution in [2.75, 3.05) is 18.1 Å². The number of anilines is 2. The summed E-state index contributed by atoms with van der Waals surface area (Å²) in [6.07, 6.45) is 0.954. The molecule has 3 rings (SSSR count). The molecule has 0 amide bonds. The van der Waals surface area contributed by atoms with Crippen LogP contribution in [-0.4, -0.2) is 19.0 Å². The summed E-state index contributed by atoms with van der Waals surface area (Å²) in [5.74, 6) is 0.972. The third-order valence-electron chi connectivity index (χ3n) is 3.49. The van der Waals surface area contributed by atoms with Gasteiger partial charge in [0.15, 0.2) is 0 Å². The van der Waals surface area contributed by atoms with E-state index in [0.29, 0.717) is 5.56 Å². The molecule has 0 radical (unpaired) electrons. The maximum absolute atomic E-state index is 7.52. The Bertz CT molecular complexity index is 687. The molecule has 0 atom stereocenters. The number of para-hydroxylation sites is 2. The highest BCUT2D eigenvalue weighted by Gasteiger charge is 2.19. The molecule has 1 aliphatic heterocycles. The molecule has 0 unspecified atom stereocenters. The quantitative estimate of drug-likeness (QED) is 0.644. The van der Waals surface area contributed by atoms with Gasteiger partial charge in [-0.25, -0.2) is 0 Å². The maximum atomic E-state index is 7.52. The summed E-state index contributed by atoms with van der Waals surface area (Å²) in [4.78, 5) is 2.23. The van der Waals surface area contributed by atoms with Gasteiger partial charge in [0.2, 0.25) is 0 Å². The first-order chi connectivity index (χ1) is 10.2. The number of nitrogens with zero attached hydrogens (tertiary/aromatic N) is 1. The van der Waals surface area contributed by atoms with Crippen molar-refractivity contribution in [3.63, 3.8) is 0 Å². The van der Waals surface area contributed by atoms with E-state index in [1.54, 1.807) is 0 Å². The Hall–Kier alpha value is -2.01. The fourth-order valence-corrected chi connectivity index (χ4v) is 3.06. The second kappa shape index (κ2) is 5.77. The second-order valence-electron chi connectivity index (χ2n) is 4.90. The van der Waals surface area contributed by atoms with E-state index in [9.17, 15) is 0 Å². The summed E-state index contributed by atoms with van der Waals surface area (Å²) in [5.41, 5.74) is 8.37. The van der Waals surface area contributed by atoms with Crippen LogP contribution in [0, 0.1) is 5.41 Å². The molecule has 2 aromatic rings. The number of ether oxygens (including phenoxy) is 1. The summed E-state index contributed by atoms with van der Waals surface area (Å²) >= 11 is 3.59. The average molecular weight is 346 g/mol. The van der Waals surface area contributed by atoms with E-state index in [2.05, 4.69) is 26.9 Å². The highest BCUT2D eigenvalue weighted by molar-refractivity contribution is 9.10. The molecule has 0 aliphatic carbocycles. The molecular weight excluding hydrogens is 330 g/mol. The van der Waals surface area contributed by atoms with Crippen LogP contribution in [0.25, 0.3) is 0 Å². The van der Waals surface area contributed by atoms with Crippen molar-refractivity contribution < 1.29 is 4.74 Å². The van der Waals surface area contributed by atoms with Crippen molar-refractivity contribution in [2.24, 2.45) is 5.73 Å². The largest absolute Gasteiger partial charge is 0.491 e. The summed E-state index contributed by atoms with van der Waals surface area (Å²) in [7, 11) is 0. The molecule has 2 aromatic carbocycles. The lowest BCUT2D eigenvalue weighted by molar-refractivity contribution is 0.322. The molecule has 108 valence electrons. The van der Waals surface area contributed by atoms with Gasteiger partial charge in [0.1, 0.15) is 11.6 Å². The zero-order chi connectivity index (χ0) is 14.8. The van der Waals surface area contributed by atoms with Gasteiger partial charge < -0.3 is 15.4 Å². The van der Waals surface area contributed by atoms with E-state index in [1.165, 1.54) is 0 Å². The molecular formula is C16H16BrN3O. The molecule has 0 fully saturated rings. The summed E-state index contributed by atoms with van der Waals surface area (Å²) in [5, 5.41) is 7.52. The van der Waals surface area contributed by atoms with Crippen molar-refractivity contribution in [3.05, 3.63) is 52.5 Å². The molecule has 0 aromatic heterocycles. The van der Waals surface area contributed by atoms with Crippen molar-refractivity contribution in [2.45, 2.75) is 6.42 Å². The Balaban J connectivity index is 2.06. The Morgan fingerprint density at radius 2 is 2.00 bits per heavy atom. The van der Waals surface area contributed by atoms with E-state index in [1.807, 2.05) is 36.4 Å². The number of hydrogen-bond acceptors (Lipinski definition) is 3. The number of rotatable bonds is 2. The standard InChI is InChI=1S/C16H16BrN3O/c17-12-10-11(16(18)19)6-7-13(12)20-8-3-9-21-15-5-2-1-4-14(15)20/h1-2,4-7,10H,3,8-9H2,(H3,18,19). The highest BCUT2D eigenvalue weighted by Crippen LogP contribution is 2.39. The number of amidine groups is 1. The van der Waals surface area contributed by atoms with E-state index >= 15 is 0 Å². The zero-order valence-corrected chi connectivity index (χ0v) is 13.1. The third-order valence-corrected chi connectivity index (χ3v) is 4.12. The zero-order valence-electron chi connectivity index (χ0n) is 11.5. The molecule has 21 heavy (non-hydrogen) atoms. The number of fused-ring (bicyclic) bond motifs is 1. The second-order valence-corrected chi connectivity index (χ2v) is 5.76. The Morgan fingerprint density at radius 1 is 1.19 bits per heavy atom. The van der Waals surface area contributed by atoms with Crippen molar-refractivity contribution in [1.29, 1.82) is 5.41 Å². The van der Waals surface area contributed by atoms with Gasteiger partial charge in [-0.2, -0.15) is 0 Å². The van der Waals surface area contributed by atoms with Crippen LogP contribution in [0.4, 0.5) is 11.4 Å². The number of hydrogen-bond donors (Lipinski definition) is 2. The van der Waals surface area contributed by atoms with Gasteiger partial charge in [0.05, 0.1) is 18.0 Å². The maximum Gasteiger partial charge on any atom is 0.142 e. The number of nitrogen functional groups attached to an aromatic ring is 1. The van der Waals surface area contributed by atoms with Crippen molar-refractivity contribution >= 4 is 33.1 Å². The first kappa shape index (κ1) is 13.9. The smallest absolute Gasteiger partial charge is 0.142 e. The van der Waals surface area contributed by atoms with Crippen LogP contribution in [0.1, 0.15) is 12.0 Å². The molecule has 1 heterocycles. The molecule has 4 nitrogen and oxygen atoms in total. The predicted octanol–water partition coefficient (Wildman–Crippen LogP) is 3.65. The topological polar surface area (TPSA) is 62.3 Å². The number of benzene rings is 2. The minimum Gasteiger partial charge on any atom is -0.491 e. The van der Waals surface area contributed by atoms with Gasteiger partial charge in [-0.15, -0.1) is 0 Å². The van der Waals surface area contributed by atoms with Crippen LogP contribution < -0.4 is 15.4 Å². The van der Waals surface area contributed by atoms with Crippen LogP contribution >= 0.6 is 15.9 Å². The van der Waals surface area contributed by atoms with E-state index in [-0.39, 0.29) is 5.84 Å². The van der Waals surface area contributed by atoms with E-state index < -0.39 is 0 Å². The van der Waals surface area contributed by atoms with Crippen LogP contribution in [0.3, 0.4) is 0 Å². The summed E-state index contributed by atoms with van der Waals surface area (Å²) in [6.45, 7) is 1.60. The fourth-order valence-electron chi connectivity index (χ4n) is 2.47. The predicted molar refractivity (Wildman–Crippen MR) is 88.7 cm³/mol. The number of halogens is 1. The van der Waals surface area contributed by atoms with Gasteiger partial charge in [0.25, 0.3) is 0 Å². The van der Waals surface area contributed by atoms with Crippen LogP contribution in [-0.2, 0) is 0 Å². The number of nitrogens with two attached hydrogens (primary N) is 1. The summed E-state index contributed by atoms with van der Waals surface area (Å²) < 4.78 is 6.71. The first-order valence-electron chi connectivity index (χ1n) is 6.80. The highest BCUT2D eigenvalue weighted by atomic mass is 79.9. The minimum absolute atomic E-state index is 0.0712. The van der Waals surface area contributed by atoms with Crippen LogP contribution in [0.2, 0.25) is 0 Å². The first-order valence-corrected chi connectivity index (χ1v) is 7.59. The molecule has 1 aliphatic rings. The summed E-state index contributed by atoms with van der Waals surface area (Å²) in [6, 6.07) is 13.8. The van der Waals surface area contributed by atoms with E-state index in [0.717, 1.165) is 41.2 Å². The lowest BCUT2D eigenvalue weighted by Crippen LogP contribution is -2.19. The van der Waals surface area contributed by atoms with Crippen LogP contribution in [0.15, 0.2) is 46.9 Å². The van der Waals surface area contributed by atoms with Crippen molar-refractivity contribution in [1.82, 2.24) is 0 Å². The molecule has 3 N–H and O–H groups in total. The van der Waals surface area contributed by atoms with E-state index in [4.69, 9.17) is 15.9 Å². The van der Waals surface area contributed by atoms with Crippen molar-refractivity contribution in [3.8, 4) is 5.75 Å². The Kier molecular flexibility index (Phi) is 3.84. The molecule has 0 bridgehead atoms. The fraction of sp³-hybridized carbons (Fsp3) is 0.188. The molecule has 0 saturated heterocycles. The Morgan fingerprint density at radius 3 is 2.76 bits per heavy atom. The lowest BCUT2D eigenvalue weighted by Gasteiger charge is -2.25. The third kappa shape index (κ3) is 2.74. The number of nitrogens with one attached hydrogen (secondary N) is 1. The van der Waals surface area contributed by atoms with Gasteiger partial charge in [-0.1, -0.05) is 12.1 Å². The SMILES string of the molecule is N=C(N)c1ccc(N2CCCOc3ccccc32)c(Br)c1. The van der Waals surface area contributed by atoms with Gasteiger partial charge >= 0.3 is 0 Å². The Labute approximate surface area is 132 Å². The van der Waals surface area contributed by atoms with Gasteiger partial charge in [-0.3, -0.25) is 5.41 Å². The normalized spacial score (nSPS) is 14.0. The molecule has 5 heteroatoms. The van der Waals surface area contributed by atoms with Gasteiger partial charge in [0, 0.05) is 16.6 Å². The van der Waals surface area contributed by atoms with Crippen LogP contribution in [0.5, 0.6) is 5.75 Å². The lowest BCUT2D eigenvalue weighted by atomic mass is 10.1. The molecule has 0 spiro atoms. The molecule has 0 saturated carbocycles. The van der Waals surface area contributed by atoms with Gasteiger partial charge in [-0.05, 0) is 52.7 Å². The minimum atomic E-state index is 0.0712. The monoisotopic (exact) mass is 345 g/mol. The average Bonchev–Trinajstić information content (AvgIpc) is 2.69.